The van der Waals surface area contributed by atoms with E-state index in [2.05, 4.69) is 5.73 Å². The van der Waals surface area contributed by atoms with Crippen molar-refractivity contribution in [1.82, 2.24) is 0 Å². The molecule has 0 aromatic heterocycles. The van der Waals surface area contributed by atoms with Gasteiger partial charge in [0.15, 0.2) is 6.19 Å². The van der Waals surface area contributed by atoms with Crippen LogP contribution in [-0.2, 0) is 0 Å². The van der Waals surface area contributed by atoms with Crippen molar-refractivity contribution in [3.63, 3.8) is 0 Å². The fourth-order valence-electron chi connectivity index (χ4n) is 0. The summed E-state index contributed by atoms with van der Waals surface area (Å²) in [7, 11) is 0. The predicted octanol–water partition coefficient (Wildman–Crippen LogP) is -2.29. The van der Waals surface area contributed by atoms with Crippen LogP contribution in [0.5, 0.6) is 0 Å². The molecule has 0 spiro atoms. The van der Waals surface area contributed by atoms with Crippen LogP contribution in [0.1, 0.15) is 0 Å². The van der Waals surface area contributed by atoms with Crippen molar-refractivity contribution in [3.8, 4) is 6.19 Å². The first-order valence-electron chi connectivity index (χ1n) is 2.70. The summed E-state index contributed by atoms with van der Waals surface area (Å²) >= 11 is 0. The molecule has 0 fully saturated rings. The molecule has 0 aliphatic rings. The smallest absolute Gasteiger partial charge is 0.356 e. The first kappa shape index (κ1) is 42.7. The summed E-state index contributed by atoms with van der Waals surface area (Å²) in [6.45, 7) is 0. The summed E-state index contributed by atoms with van der Waals surface area (Å²) in [5.74, 6) is 0. The Labute approximate surface area is 172 Å². The van der Waals surface area contributed by atoms with Crippen molar-refractivity contribution in [2.24, 2.45) is 5.73 Å². The van der Waals surface area contributed by atoms with Gasteiger partial charge in [0.05, 0.1) is 20.3 Å². The Hall–Kier alpha value is -1.39. The second-order valence-electron chi connectivity index (χ2n) is 1.02. The molecule has 0 aliphatic carbocycles. The molecule has 0 bridgehead atoms. The standard InChI is InChI=1S/CH2N2.2Ca.4NO3/c2-1-3;;;4*2-1(3)4/h2H2;;;;;;/q;2*+2;4*-1. The fourth-order valence-corrected chi connectivity index (χ4v) is 0. The minimum absolute atomic E-state index is 0. The number of hydrogen-bond donors (Lipinski definition) is 1. The zero-order valence-corrected chi connectivity index (χ0v) is 14.0. The molecule has 2 N–H and O–H groups in total. The zero-order valence-electron chi connectivity index (χ0n) is 9.63. The van der Waals surface area contributed by atoms with E-state index in [4.69, 9.17) is 66.5 Å². The third kappa shape index (κ3) is 2660. The van der Waals surface area contributed by atoms with Crippen molar-refractivity contribution in [3.05, 3.63) is 61.3 Å². The Bertz CT molecular complexity index is 237. The minimum Gasteiger partial charge on any atom is -0.356 e. The molecule has 18 nitrogen and oxygen atoms in total. The largest absolute Gasteiger partial charge is 2.00 e. The number of hydrogen-bond acceptors (Lipinski definition) is 14. The van der Waals surface area contributed by atoms with Crippen molar-refractivity contribution in [2.45, 2.75) is 0 Å². The van der Waals surface area contributed by atoms with E-state index in [0.717, 1.165) is 0 Å². The van der Waals surface area contributed by atoms with Crippen LogP contribution in [0.4, 0.5) is 0 Å². The van der Waals surface area contributed by atoms with Gasteiger partial charge in [-0.1, -0.05) is 0 Å². The van der Waals surface area contributed by atoms with Gasteiger partial charge in [-0.15, -0.1) is 0 Å². The third-order valence-corrected chi connectivity index (χ3v) is 0. The quantitative estimate of drug-likeness (QED) is 0.154. The van der Waals surface area contributed by atoms with Gasteiger partial charge < -0.3 is 67.0 Å². The summed E-state index contributed by atoms with van der Waals surface area (Å²) in [5.41, 5.74) is 4.15. The molecular weight excluding hydrogens is 368 g/mol. The minimum atomic E-state index is -1.75. The van der Waals surface area contributed by atoms with Crippen LogP contribution in [0.3, 0.4) is 0 Å². The normalized spacial score (nSPS) is 4.90. The van der Waals surface area contributed by atoms with Crippen LogP contribution >= 0.6 is 0 Å². The van der Waals surface area contributed by atoms with Crippen LogP contribution < -0.4 is 5.73 Å². The zero-order chi connectivity index (χ0) is 17.0. The Morgan fingerprint density at radius 2 is 0.619 bits per heavy atom. The molecule has 112 valence electrons. The predicted molar refractivity (Wildman–Crippen MR) is 62.8 cm³/mol. The van der Waals surface area contributed by atoms with Crippen LogP contribution in [0.25, 0.3) is 0 Å². The monoisotopic (exact) mass is 370 g/mol. The molecule has 0 aliphatic heterocycles. The molecule has 0 unspecified atom stereocenters. The molecule has 0 saturated carbocycles. The van der Waals surface area contributed by atoms with Gasteiger partial charge in [0.1, 0.15) is 0 Å². The number of nitrogens with two attached hydrogens (primary N) is 1. The summed E-state index contributed by atoms with van der Waals surface area (Å²) in [4.78, 5) is 33.0. The topological polar surface area (TPSA) is 315 Å². The van der Waals surface area contributed by atoms with E-state index in [1.165, 1.54) is 6.19 Å². The van der Waals surface area contributed by atoms with Crippen molar-refractivity contribution in [1.29, 1.82) is 5.26 Å². The summed E-state index contributed by atoms with van der Waals surface area (Å²) < 4.78 is 0. The maximum absolute atomic E-state index is 8.25. The number of nitriles is 1. The fraction of sp³-hybridized carbons (Fsp3) is 0. The van der Waals surface area contributed by atoms with E-state index in [1.807, 2.05) is 0 Å². The summed E-state index contributed by atoms with van der Waals surface area (Å²) in [6.07, 6.45) is 1.25. The van der Waals surface area contributed by atoms with E-state index in [-0.39, 0.29) is 75.5 Å². The van der Waals surface area contributed by atoms with Gasteiger partial charge >= 0.3 is 75.5 Å². The Morgan fingerprint density at radius 3 is 0.619 bits per heavy atom. The van der Waals surface area contributed by atoms with Crippen LogP contribution in [0.2, 0.25) is 0 Å². The average Bonchev–Trinajstić information content (AvgIpc) is 1.97. The Morgan fingerprint density at radius 1 is 0.619 bits per heavy atom. The molecule has 0 aromatic carbocycles. The van der Waals surface area contributed by atoms with E-state index < -0.39 is 20.3 Å². The Balaban J connectivity index is -0.0000000229. The van der Waals surface area contributed by atoms with Crippen LogP contribution in [0.15, 0.2) is 0 Å². The summed E-state index contributed by atoms with van der Waals surface area (Å²) in [6, 6.07) is 0. The van der Waals surface area contributed by atoms with E-state index in [0.29, 0.717) is 0 Å². The first-order chi connectivity index (χ1) is 8.34. The molecule has 0 saturated heterocycles. The molecule has 0 atom stereocenters. The molecule has 0 aromatic rings. The second-order valence-corrected chi connectivity index (χ2v) is 1.02. The molecule has 0 heterocycles. The first-order valence-corrected chi connectivity index (χ1v) is 2.70. The van der Waals surface area contributed by atoms with Crippen LogP contribution in [-0.4, -0.2) is 95.8 Å². The number of nitrogens with zero attached hydrogens (tertiary/aromatic N) is 5. The van der Waals surface area contributed by atoms with Crippen molar-refractivity contribution >= 4 is 75.5 Å². The maximum Gasteiger partial charge on any atom is 2.00 e. The van der Waals surface area contributed by atoms with E-state index >= 15 is 0 Å². The molecule has 0 rings (SSSR count). The van der Waals surface area contributed by atoms with Gasteiger partial charge in [-0.25, -0.2) is 0 Å². The molecule has 0 radical (unpaired) electrons. The summed E-state index contributed by atoms with van der Waals surface area (Å²) in [5, 5.41) is 66.1. The van der Waals surface area contributed by atoms with Gasteiger partial charge in [0.2, 0.25) is 0 Å². The molecule has 0 amide bonds. The van der Waals surface area contributed by atoms with Gasteiger partial charge in [-0.05, 0) is 0 Å². The van der Waals surface area contributed by atoms with Crippen LogP contribution in [0, 0.1) is 72.7 Å². The van der Waals surface area contributed by atoms with Crippen molar-refractivity contribution < 1.29 is 20.3 Å². The molecule has 21 heavy (non-hydrogen) atoms. The third-order valence-electron chi connectivity index (χ3n) is 0. The van der Waals surface area contributed by atoms with E-state index in [9.17, 15) is 0 Å². The van der Waals surface area contributed by atoms with Gasteiger partial charge in [0.25, 0.3) is 0 Å². The average molecular weight is 370 g/mol. The second kappa shape index (κ2) is 42.8. The van der Waals surface area contributed by atoms with Gasteiger partial charge in [-0.3, -0.25) is 0 Å². The molecule has 20 heteroatoms. The Kier molecular flexibility index (Phi) is 87.1. The molecular formula is CH2Ca2N6O12. The van der Waals surface area contributed by atoms with Crippen molar-refractivity contribution in [2.75, 3.05) is 0 Å². The SMILES string of the molecule is N#CN.O=[N+]([O-])[O-].O=[N+]([O-])[O-].O=[N+]([O-])[O-].O=[N+]([O-])[O-].[Ca+2].[Ca+2]. The maximum atomic E-state index is 8.25. The van der Waals surface area contributed by atoms with Gasteiger partial charge in [0, 0.05) is 0 Å². The number of rotatable bonds is 0. The van der Waals surface area contributed by atoms with E-state index in [1.54, 1.807) is 0 Å². The van der Waals surface area contributed by atoms with Gasteiger partial charge in [-0.2, -0.15) is 5.26 Å².